The number of aromatic nitrogens is 3. The van der Waals surface area contributed by atoms with Crippen LogP contribution in [-0.2, 0) is 16.0 Å². The Morgan fingerprint density at radius 3 is 3.04 bits per heavy atom. The summed E-state index contributed by atoms with van der Waals surface area (Å²) in [7, 11) is 1.44. The van der Waals surface area contributed by atoms with Crippen LogP contribution in [0.25, 0.3) is 10.9 Å². The summed E-state index contributed by atoms with van der Waals surface area (Å²) in [6, 6.07) is 9.85. The van der Waals surface area contributed by atoms with Gasteiger partial charge >= 0.3 is 5.97 Å². The number of H-pyrrole nitrogens is 1. The number of rotatable bonds is 6. The van der Waals surface area contributed by atoms with Crippen molar-refractivity contribution < 1.29 is 9.53 Å². The molecule has 0 spiro atoms. The van der Waals surface area contributed by atoms with Crippen LogP contribution in [0.5, 0.6) is 0 Å². The van der Waals surface area contributed by atoms with Crippen LogP contribution in [0.2, 0.25) is 0 Å². The molecule has 3 aromatic rings. The Labute approximate surface area is 164 Å². The van der Waals surface area contributed by atoms with Crippen LogP contribution in [-0.4, -0.2) is 40.6 Å². The lowest BCUT2D eigenvalue weighted by molar-refractivity contribution is -0.141. The van der Waals surface area contributed by atoms with Crippen molar-refractivity contribution in [3.63, 3.8) is 0 Å². The largest absolute Gasteiger partial charge is 0.467 e. The summed E-state index contributed by atoms with van der Waals surface area (Å²) in [4.78, 5) is 26.8. The zero-order valence-corrected chi connectivity index (χ0v) is 16.2. The van der Waals surface area contributed by atoms with Crippen molar-refractivity contribution in [2.24, 2.45) is 0 Å². The quantitative estimate of drug-likeness (QED) is 0.634. The number of aromatic amines is 1. The van der Waals surface area contributed by atoms with Crippen molar-refractivity contribution in [3.8, 4) is 0 Å². The minimum Gasteiger partial charge on any atom is -0.467 e. The molecule has 3 heterocycles. The number of anilines is 3. The Kier molecular flexibility index (Phi) is 5.14. The molecule has 1 aliphatic heterocycles. The van der Waals surface area contributed by atoms with Crippen molar-refractivity contribution in [2.45, 2.75) is 38.6 Å². The fraction of sp³-hybridized carbons (Fsp3) is 0.381. The third kappa shape index (κ3) is 3.65. The molecule has 0 amide bonds. The zero-order chi connectivity index (χ0) is 19.5. The summed E-state index contributed by atoms with van der Waals surface area (Å²) in [6.07, 6.45) is 5.50. The maximum Gasteiger partial charge on any atom is 0.328 e. The molecule has 2 aromatic heterocycles. The molecule has 0 bridgehead atoms. The molecule has 1 unspecified atom stereocenters. The highest BCUT2D eigenvalue weighted by Gasteiger charge is 2.32. The molecule has 7 nitrogen and oxygen atoms in total. The van der Waals surface area contributed by atoms with E-state index in [0.717, 1.165) is 60.3 Å². The molecule has 146 valence electrons. The number of fused-ring (bicyclic) bond motifs is 1. The minimum absolute atomic E-state index is 0.208. The van der Waals surface area contributed by atoms with E-state index in [1.165, 1.54) is 7.11 Å². The van der Waals surface area contributed by atoms with Gasteiger partial charge in [-0.05, 0) is 42.8 Å². The molecular formula is C21H25N5O2. The second kappa shape index (κ2) is 7.88. The number of hydrogen-bond donors (Lipinski definition) is 2. The van der Waals surface area contributed by atoms with Gasteiger partial charge in [0.15, 0.2) is 0 Å². The number of ether oxygens (including phenoxy) is 1. The summed E-state index contributed by atoms with van der Waals surface area (Å²) < 4.78 is 4.98. The van der Waals surface area contributed by atoms with Gasteiger partial charge in [0.25, 0.3) is 0 Å². The van der Waals surface area contributed by atoms with Gasteiger partial charge in [0.1, 0.15) is 11.9 Å². The molecule has 1 aliphatic rings. The van der Waals surface area contributed by atoms with Crippen LogP contribution in [0, 0.1) is 0 Å². The summed E-state index contributed by atoms with van der Waals surface area (Å²) in [5.74, 6) is 1.11. The minimum atomic E-state index is -0.280. The number of hydrogen-bond acceptors (Lipinski definition) is 6. The van der Waals surface area contributed by atoms with Crippen molar-refractivity contribution >= 4 is 34.3 Å². The van der Waals surface area contributed by atoms with E-state index in [1.54, 1.807) is 0 Å². The molecule has 1 fully saturated rings. The number of benzene rings is 1. The first-order valence-corrected chi connectivity index (χ1v) is 9.74. The molecule has 28 heavy (non-hydrogen) atoms. The third-order valence-electron chi connectivity index (χ3n) is 5.10. The molecule has 1 aromatic carbocycles. The first-order valence-electron chi connectivity index (χ1n) is 9.74. The highest BCUT2D eigenvalue weighted by Crippen LogP contribution is 2.27. The average molecular weight is 379 g/mol. The number of nitrogens with one attached hydrogen (secondary N) is 2. The van der Waals surface area contributed by atoms with Crippen molar-refractivity contribution in [2.75, 3.05) is 23.9 Å². The first kappa shape index (κ1) is 18.3. The van der Waals surface area contributed by atoms with Crippen LogP contribution >= 0.6 is 0 Å². The Morgan fingerprint density at radius 1 is 1.32 bits per heavy atom. The highest BCUT2D eigenvalue weighted by molar-refractivity contribution is 5.83. The molecule has 1 saturated heterocycles. The van der Waals surface area contributed by atoms with E-state index in [1.807, 2.05) is 35.4 Å². The Balaban J connectivity index is 1.66. The van der Waals surface area contributed by atoms with E-state index in [2.05, 4.69) is 28.3 Å². The molecule has 7 heteroatoms. The molecular weight excluding hydrogens is 354 g/mol. The predicted molar refractivity (Wildman–Crippen MR) is 110 cm³/mol. The van der Waals surface area contributed by atoms with Crippen LogP contribution < -0.4 is 10.2 Å². The summed E-state index contributed by atoms with van der Waals surface area (Å²) in [6.45, 7) is 2.91. The average Bonchev–Trinajstić information content (AvgIpc) is 3.36. The number of methoxy groups -OCH3 is 1. The van der Waals surface area contributed by atoms with Gasteiger partial charge in [0, 0.05) is 35.7 Å². The van der Waals surface area contributed by atoms with Gasteiger partial charge < -0.3 is 19.9 Å². The SMILES string of the molecule is CCCc1cc(N2CCCC2C(=O)OC)nc(Nc2ccc3cc[nH]c3c2)n1. The van der Waals surface area contributed by atoms with Crippen molar-refractivity contribution in [1.29, 1.82) is 0 Å². The van der Waals surface area contributed by atoms with Gasteiger partial charge in [-0.15, -0.1) is 0 Å². The number of carbonyl (C=O) groups excluding carboxylic acids is 1. The fourth-order valence-electron chi connectivity index (χ4n) is 3.75. The van der Waals surface area contributed by atoms with E-state index < -0.39 is 0 Å². The van der Waals surface area contributed by atoms with Gasteiger partial charge in [-0.25, -0.2) is 9.78 Å². The summed E-state index contributed by atoms with van der Waals surface area (Å²) >= 11 is 0. The third-order valence-corrected chi connectivity index (χ3v) is 5.10. The van der Waals surface area contributed by atoms with Gasteiger partial charge in [-0.3, -0.25) is 0 Å². The van der Waals surface area contributed by atoms with E-state index in [9.17, 15) is 4.79 Å². The van der Waals surface area contributed by atoms with Crippen LogP contribution in [0.15, 0.2) is 36.5 Å². The fourth-order valence-corrected chi connectivity index (χ4v) is 3.75. The van der Waals surface area contributed by atoms with Crippen molar-refractivity contribution in [3.05, 3.63) is 42.2 Å². The van der Waals surface area contributed by atoms with E-state index in [4.69, 9.17) is 9.72 Å². The Hall–Kier alpha value is -3.09. The van der Waals surface area contributed by atoms with Gasteiger partial charge in [-0.1, -0.05) is 19.4 Å². The van der Waals surface area contributed by atoms with Crippen molar-refractivity contribution in [1.82, 2.24) is 15.0 Å². The topological polar surface area (TPSA) is 83.1 Å². The lowest BCUT2D eigenvalue weighted by atomic mass is 10.2. The highest BCUT2D eigenvalue weighted by atomic mass is 16.5. The molecule has 2 N–H and O–H groups in total. The number of carbonyl (C=O) groups is 1. The van der Waals surface area contributed by atoms with Gasteiger partial charge in [-0.2, -0.15) is 4.98 Å². The lowest BCUT2D eigenvalue weighted by Crippen LogP contribution is -2.37. The second-order valence-electron chi connectivity index (χ2n) is 7.07. The molecule has 0 aliphatic carbocycles. The summed E-state index contributed by atoms with van der Waals surface area (Å²) in [5, 5.41) is 4.48. The van der Waals surface area contributed by atoms with E-state index >= 15 is 0 Å². The number of nitrogens with zero attached hydrogens (tertiary/aromatic N) is 3. The van der Waals surface area contributed by atoms with Gasteiger partial charge in [0.05, 0.1) is 7.11 Å². The lowest BCUT2D eigenvalue weighted by Gasteiger charge is -2.24. The Bertz CT molecular complexity index is 984. The van der Waals surface area contributed by atoms with E-state index in [0.29, 0.717) is 5.95 Å². The zero-order valence-electron chi connectivity index (χ0n) is 16.2. The second-order valence-corrected chi connectivity index (χ2v) is 7.07. The monoisotopic (exact) mass is 379 g/mol. The predicted octanol–water partition coefficient (Wildman–Crippen LogP) is 3.80. The normalized spacial score (nSPS) is 16.5. The number of esters is 1. The van der Waals surface area contributed by atoms with Crippen LogP contribution in [0.4, 0.5) is 17.5 Å². The van der Waals surface area contributed by atoms with Crippen LogP contribution in [0.1, 0.15) is 31.9 Å². The summed E-state index contributed by atoms with van der Waals surface area (Å²) in [5.41, 5.74) is 2.94. The van der Waals surface area contributed by atoms with Crippen LogP contribution in [0.3, 0.4) is 0 Å². The number of aryl methyl sites for hydroxylation is 1. The maximum absolute atomic E-state index is 12.2. The van der Waals surface area contributed by atoms with E-state index in [-0.39, 0.29) is 12.0 Å². The smallest absolute Gasteiger partial charge is 0.328 e. The molecule has 0 saturated carbocycles. The first-order chi connectivity index (χ1) is 13.7. The molecule has 0 radical (unpaired) electrons. The Morgan fingerprint density at radius 2 is 2.21 bits per heavy atom. The maximum atomic E-state index is 12.2. The molecule has 4 rings (SSSR count). The molecule has 1 atom stereocenters. The van der Waals surface area contributed by atoms with Gasteiger partial charge in [0.2, 0.25) is 5.95 Å². The standard InChI is InChI=1S/C21H25N5O2/c1-3-5-15-13-19(26-11-4-6-18(26)20(27)28-2)25-21(23-15)24-16-8-7-14-9-10-22-17(14)12-16/h7-10,12-13,18,22H,3-6,11H2,1-2H3,(H,23,24,25).